The zero-order chi connectivity index (χ0) is 11.8. The van der Waals surface area contributed by atoms with E-state index in [2.05, 4.69) is 16.3 Å². The van der Waals surface area contributed by atoms with Gasteiger partial charge in [0.25, 0.3) is 0 Å². The van der Waals surface area contributed by atoms with Crippen LogP contribution in [0.1, 0.15) is 6.42 Å². The lowest BCUT2D eigenvalue weighted by atomic mass is 10.4. The number of ether oxygens (including phenoxy) is 2. The molecular formula is C10H17N3O2S. The van der Waals surface area contributed by atoms with Gasteiger partial charge in [0.1, 0.15) is 0 Å². The molecule has 1 heterocycles. The minimum absolute atomic E-state index is 0.419. The van der Waals surface area contributed by atoms with Crippen molar-refractivity contribution in [2.45, 2.75) is 6.42 Å². The number of nitrogens with two attached hydrogens (primary N) is 1. The van der Waals surface area contributed by atoms with Gasteiger partial charge in [-0.2, -0.15) is 4.37 Å². The maximum Gasteiger partial charge on any atom is 0.197 e. The van der Waals surface area contributed by atoms with Gasteiger partial charge in [-0.05, 0) is 18.0 Å². The molecule has 0 spiro atoms. The van der Waals surface area contributed by atoms with E-state index in [9.17, 15) is 0 Å². The van der Waals surface area contributed by atoms with Crippen LogP contribution in [0.4, 0.5) is 10.8 Å². The second-order valence-corrected chi connectivity index (χ2v) is 3.82. The Morgan fingerprint density at radius 3 is 3.06 bits per heavy atom. The molecule has 16 heavy (non-hydrogen) atoms. The average Bonchev–Trinajstić information content (AvgIpc) is 2.64. The SMILES string of the molecule is C=CCCOCCNc1snc(N)c1OC. The number of nitrogens with zero attached hydrogens (tertiary/aromatic N) is 1. The highest BCUT2D eigenvalue weighted by Gasteiger charge is 2.10. The minimum Gasteiger partial charge on any atom is -0.490 e. The Labute approximate surface area is 99.4 Å². The predicted octanol–water partition coefficient (Wildman–Crippen LogP) is 1.74. The van der Waals surface area contributed by atoms with Crippen LogP contribution in [0.5, 0.6) is 5.75 Å². The molecule has 0 amide bonds. The maximum atomic E-state index is 5.61. The summed E-state index contributed by atoms with van der Waals surface area (Å²) in [6.07, 6.45) is 2.71. The van der Waals surface area contributed by atoms with Crippen molar-refractivity contribution in [1.29, 1.82) is 0 Å². The Kier molecular flexibility index (Phi) is 5.66. The van der Waals surface area contributed by atoms with Gasteiger partial charge in [-0.1, -0.05) is 6.08 Å². The van der Waals surface area contributed by atoms with Crippen LogP contribution in [0.25, 0.3) is 0 Å². The van der Waals surface area contributed by atoms with Crippen LogP contribution in [-0.4, -0.2) is 31.2 Å². The summed E-state index contributed by atoms with van der Waals surface area (Å²) in [4.78, 5) is 0. The number of nitrogens with one attached hydrogen (secondary N) is 1. The molecular weight excluding hydrogens is 226 g/mol. The Bertz CT molecular complexity index is 328. The van der Waals surface area contributed by atoms with Gasteiger partial charge in [0.15, 0.2) is 16.6 Å². The molecule has 1 rings (SSSR count). The van der Waals surface area contributed by atoms with Gasteiger partial charge < -0.3 is 20.5 Å². The van der Waals surface area contributed by atoms with Crippen molar-refractivity contribution in [3.8, 4) is 5.75 Å². The van der Waals surface area contributed by atoms with Crippen LogP contribution in [0.2, 0.25) is 0 Å². The summed E-state index contributed by atoms with van der Waals surface area (Å²) in [7, 11) is 1.58. The molecule has 5 nitrogen and oxygen atoms in total. The molecule has 0 aliphatic heterocycles. The summed E-state index contributed by atoms with van der Waals surface area (Å²) in [5.41, 5.74) is 5.61. The first-order chi connectivity index (χ1) is 7.79. The van der Waals surface area contributed by atoms with Gasteiger partial charge in [0.2, 0.25) is 0 Å². The summed E-state index contributed by atoms with van der Waals surface area (Å²) < 4.78 is 14.5. The van der Waals surface area contributed by atoms with Gasteiger partial charge in [0, 0.05) is 6.54 Å². The fourth-order valence-electron chi connectivity index (χ4n) is 1.11. The maximum absolute atomic E-state index is 5.61. The molecule has 6 heteroatoms. The lowest BCUT2D eigenvalue weighted by molar-refractivity contribution is 0.149. The van der Waals surface area contributed by atoms with E-state index in [0.717, 1.165) is 11.4 Å². The Balaban J connectivity index is 2.23. The van der Waals surface area contributed by atoms with E-state index in [1.165, 1.54) is 11.5 Å². The fourth-order valence-corrected chi connectivity index (χ4v) is 1.82. The van der Waals surface area contributed by atoms with Gasteiger partial charge in [-0.25, -0.2) is 0 Å². The summed E-state index contributed by atoms with van der Waals surface area (Å²) in [6, 6.07) is 0. The van der Waals surface area contributed by atoms with Crippen LogP contribution in [-0.2, 0) is 4.74 Å². The molecule has 0 aliphatic rings. The monoisotopic (exact) mass is 243 g/mol. The predicted molar refractivity (Wildman–Crippen MR) is 67.2 cm³/mol. The van der Waals surface area contributed by atoms with Crippen molar-refractivity contribution >= 4 is 22.4 Å². The van der Waals surface area contributed by atoms with Crippen LogP contribution >= 0.6 is 11.5 Å². The molecule has 3 N–H and O–H groups in total. The van der Waals surface area contributed by atoms with Crippen molar-refractivity contribution in [3.05, 3.63) is 12.7 Å². The number of hydrogen-bond acceptors (Lipinski definition) is 6. The lowest BCUT2D eigenvalue weighted by Gasteiger charge is -2.06. The van der Waals surface area contributed by atoms with E-state index < -0.39 is 0 Å². The standard InChI is InChI=1S/C10H17N3O2S/c1-3-4-6-15-7-5-12-10-8(14-2)9(11)13-16-10/h3,12H,1,4-7H2,2H3,(H2,11,13). The first-order valence-corrected chi connectivity index (χ1v) is 5.78. The molecule has 0 aliphatic carbocycles. The van der Waals surface area contributed by atoms with Gasteiger partial charge >= 0.3 is 0 Å². The number of nitrogen functional groups attached to an aromatic ring is 1. The van der Waals surface area contributed by atoms with Crippen molar-refractivity contribution in [2.75, 3.05) is 37.9 Å². The molecule has 0 radical (unpaired) electrons. The van der Waals surface area contributed by atoms with E-state index in [4.69, 9.17) is 15.2 Å². The highest BCUT2D eigenvalue weighted by molar-refractivity contribution is 7.11. The van der Waals surface area contributed by atoms with E-state index in [-0.39, 0.29) is 0 Å². The second-order valence-electron chi connectivity index (χ2n) is 3.05. The van der Waals surface area contributed by atoms with Gasteiger partial charge in [0.05, 0.1) is 20.3 Å². The molecule has 0 saturated carbocycles. The molecule has 0 bridgehead atoms. The molecule has 0 saturated heterocycles. The van der Waals surface area contributed by atoms with Gasteiger partial charge in [-0.15, -0.1) is 6.58 Å². The van der Waals surface area contributed by atoms with E-state index >= 15 is 0 Å². The van der Waals surface area contributed by atoms with Crippen LogP contribution < -0.4 is 15.8 Å². The van der Waals surface area contributed by atoms with Crippen molar-refractivity contribution in [2.24, 2.45) is 0 Å². The molecule has 1 aromatic rings. The number of aromatic nitrogens is 1. The zero-order valence-electron chi connectivity index (χ0n) is 9.36. The third-order valence-corrected chi connectivity index (χ3v) is 2.68. The Hall–Kier alpha value is -1.27. The third kappa shape index (κ3) is 3.71. The summed E-state index contributed by atoms with van der Waals surface area (Å²) in [6.45, 7) is 5.66. The van der Waals surface area contributed by atoms with E-state index in [1.54, 1.807) is 7.11 Å². The topological polar surface area (TPSA) is 69.4 Å². The lowest BCUT2D eigenvalue weighted by Crippen LogP contribution is -2.09. The van der Waals surface area contributed by atoms with Crippen LogP contribution in [0.15, 0.2) is 12.7 Å². The first-order valence-electron chi connectivity index (χ1n) is 5.01. The summed E-state index contributed by atoms with van der Waals surface area (Å²) >= 11 is 1.29. The highest BCUT2D eigenvalue weighted by atomic mass is 32.1. The van der Waals surface area contributed by atoms with Crippen LogP contribution in [0, 0.1) is 0 Å². The van der Waals surface area contributed by atoms with Crippen LogP contribution in [0.3, 0.4) is 0 Å². The normalized spacial score (nSPS) is 10.1. The molecule has 0 aromatic carbocycles. The van der Waals surface area contributed by atoms with E-state index in [0.29, 0.717) is 31.3 Å². The molecule has 1 aromatic heterocycles. The van der Waals surface area contributed by atoms with Crippen molar-refractivity contribution < 1.29 is 9.47 Å². The third-order valence-electron chi connectivity index (χ3n) is 1.88. The molecule has 0 fully saturated rings. The average molecular weight is 243 g/mol. The quantitative estimate of drug-likeness (QED) is 0.537. The second kappa shape index (κ2) is 7.08. The van der Waals surface area contributed by atoms with Crippen molar-refractivity contribution in [3.63, 3.8) is 0 Å². The fraction of sp³-hybridized carbons (Fsp3) is 0.500. The van der Waals surface area contributed by atoms with Gasteiger partial charge in [-0.3, -0.25) is 0 Å². The number of rotatable bonds is 8. The first kappa shape index (κ1) is 12.8. The summed E-state index contributed by atoms with van der Waals surface area (Å²) in [5, 5.41) is 4.00. The van der Waals surface area contributed by atoms with Crippen molar-refractivity contribution in [1.82, 2.24) is 4.37 Å². The summed E-state index contributed by atoms with van der Waals surface area (Å²) in [5.74, 6) is 1.03. The molecule has 0 unspecified atom stereocenters. The van der Waals surface area contributed by atoms with E-state index in [1.807, 2.05) is 6.08 Å². The number of anilines is 2. The zero-order valence-corrected chi connectivity index (χ0v) is 10.2. The Morgan fingerprint density at radius 1 is 1.56 bits per heavy atom. The number of methoxy groups -OCH3 is 1. The highest BCUT2D eigenvalue weighted by Crippen LogP contribution is 2.34. The Morgan fingerprint density at radius 2 is 2.38 bits per heavy atom. The largest absolute Gasteiger partial charge is 0.490 e. The molecule has 0 atom stereocenters. The molecule has 90 valence electrons. The smallest absolute Gasteiger partial charge is 0.197 e. The number of hydrogen-bond donors (Lipinski definition) is 2. The minimum atomic E-state index is 0.419.